The van der Waals surface area contributed by atoms with Crippen molar-refractivity contribution in [1.29, 1.82) is 0 Å². The maximum Gasteiger partial charge on any atom is 0.371 e. The van der Waals surface area contributed by atoms with Crippen LogP contribution in [0.2, 0.25) is 0 Å². The van der Waals surface area contributed by atoms with Gasteiger partial charge in [0.2, 0.25) is 11.7 Å². The Morgan fingerprint density at radius 3 is 2.45 bits per heavy atom. The number of likely N-dealkylation sites (tertiary alicyclic amines) is 2. The number of benzene rings is 1. The number of carboxylic acid groups (broad SMARTS) is 1. The van der Waals surface area contributed by atoms with Crippen molar-refractivity contribution in [3.05, 3.63) is 35.6 Å². The number of hydrogen-bond acceptors (Lipinski definition) is 6. The van der Waals surface area contributed by atoms with Gasteiger partial charge >= 0.3 is 5.97 Å². The van der Waals surface area contributed by atoms with Gasteiger partial charge < -0.3 is 20.2 Å². The number of nitrogens with two attached hydrogens (primary N) is 1. The highest BCUT2D eigenvalue weighted by Crippen LogP contribution is 2.35. The summed E-state index contributed by atoms with van der Waals surface area (Å²) in [6, 6.07) is 5.82. The fourth-order valence-electron chi connectivity index (χ4n) is 6.81. The van der Waals surface area contributed by atoms with Gasteiger partial charge in [0.05, 0.1) is 0 Å². The molecular formula is C29H38FN3O5. The number of aromatic carboxylic acids is 1. The van der Waals surface area contributed by atoms with Crippen molar-refractivity contribution in [3.8, 4) is 0 Å². The quantitative estimate of drug-likeness (QED) is 0.536. The normalized spacial score (nSPS) is 27.5. The lowest BCUT2D eigenvalue weighted by Crippen LogP contribution is -2.54. The van der Waals surface area contributed by atoms with Crippen molar-refractivity contribution in [2.45, 2.75) is 75.9 Å². The topological polar surface area (TPSA) is 117 Å². The Labute approximate surface area is 222 Å². The third-order valence-corrected chi connectivity index (χ3v) is 8.91. The summed E-state index contributed by atoms with van der Waals surface area (Å²) in [5.41, 5.74) is 7.16. The molecule has 2 aromatic rings. The zero-order valence-electron chi connectivity index (χ0n) is 21.8. The molecule has 0 unspecified atom stereocenters. The minimum absolute atomic E-state index is 0.0133. The predicted octanol–water partition coefficient (Wildman–Crippen LogP) is 3.80. The fourth-order valence-corrected chi connectivity index (χ4v) is 6.81. The molecule has 0 radical (unpaired) electrons. The summed E-state index contributed by atoms with van der Waals surface area (Å²) < 4.78 is 18.4. The maximum atomic E-state index is 13.9. The highest BCUT2D eigenvalue weighted by Gasteiger charge is 2.46. The summed E-state index contributed by atoms with van der Waals surface area (Å²) in [7, 11) is 0. The van der Waals surface area contributed by atoms with E-state index in [1.807, 2.05) is 4.90 Å². The molecular weight excluding hydrogens is 489 g/mol. The molecule has 1 aromatic carbocycles. The molecule has 1 saturated carbocycles. The third-order valence-electron chi connectivity index (χ3n) is 8.91. The van der Waals surface area contributed by atoms with E-state index in [-0.39, 0.29) is 41.7 Å². The minimum Gasteiger partial charge on any atom is -0.475 e. The van der Waals surface area contributed by atoms with E-state index in [2.05, 4.69) is 4.90 Å². The molecule has 3 aliphatic rings. The molecule has 1 aliphatic carbocycles. The van der Waals surface area contributed by atoms with Gasteiger partial charge in [-0.15, -0.1) is 0 Å². The van der Waals surface area contributed by atoms with Crippen molar-refractivity contribution in [3.63, 3.8) is 0 Å². The molecule has 8 nitrogen and oxygen atoms in total. The van der Waals surface area contributed by atoms with Gasteiger partial charge in [-0.25, -0.2) is 9.18 Å². The molecule has 2 saturated heterocycles. The maximum absolute atomic E-state index is 13.9. The summed E-state index contributed by atoms with van der Waals surface area (Å²) in [5, 5.41) is 9.87. The van der Waals surface area contributed by atoms with E-state index in [0.29, 0.717) is 30.4 Å². The van der Waals surface area contributed by atoms with Gasteiger partial charge in [0.15, 0.2) is 5.78 Å². The standard InChI is InChI=1S/C29H38FN3O5/c30-17-22(31)19-5-7-20(8-6-19)28(35)33-13-10-23(32-11-2-1-3-12-32)27(33)24(34)15-18-4-9-25-21(14-18)16-26(38-25)29(36)37/h4,9,14,16,19-20,22-23,27H,1-3,5-8,10-13,15,17,31H2,(H,36,37)/t19?,20?,22-,23-,27+/m1/s1. The Hall–Kier alpha value is -2.78. The first kappa shape index (κ1) is 26.8. The molecule has 2 aliphatic heterocycles. The second-order valence-corrected chi connectivity index (χ2v) is 11.3. The number of hydrogen-bond donors (Lipinski definition) is 2. The molecule has 0 bridgehead atoms. The number of ketones is 1. The summed E-state index contributed by atoms with van der Waals surface area (Å²) in [4.78, 5) is 43.2. The first-order valence-electron chi connectivity index (χ1n) is 14.0. The third kappa shape index (κ3) is 5.50. The summed E-state index contributed by atoms with van der Waals surface area (Å²) >= 11 is 0. The average Bonchev–Trinajstić information content (AvgIpc) is 3.58. The van der Waals surface area contributed by atoms with Gasteiger partial charge in [-0.2, -0.15) is 0 Å². The fraction of sp³-hybridized carbons (Fsp3) is 0.621. The lowest BCUT2D eigenvalue weighted by molar-refractivity contribution is -0.143. The van der Waals surface area contributed by atoms with Crippen molar-refractivity contribution >= 4 is 28.6 Å². The number of carboxylic acids is 1. The molecule has 3 atom stereocenters. The Kier molecular flexibility index (Phi) is 8.14. The van der Waals surface area contributed by atoms with Gasteiger partial charge in [-0.05, 0) is 87.7 Å². The number of amides is 1. The number of nitrogens with zero attached hydrogens (tertiary/aromatic N) is 2. The number of furan rings is 1. The zero-order valence-corrected chi connectivity index (χ0v) is 21.8. The molecule has 206 valence electrons. The van der Waals surface area contributed by atoms with Crippen molar-refractivity contribution in [2.24, 2.45) is 17.6 Å². The number of Topliss-reactive ketones (excluding diaryl/α,β-unsaturated/α-hetero) is 1. The van der Waals surface area contributed by atoms with Crippen LogP contribution in [0.1, 0.15) is 67.5 Å². The van der Waals surface area contributed by atoms with Crippen LogP contribution in [0.3, 0.4) is 0 Å². The number of piperidine rings is 1. The molecule has 3 N–H and O–H groups in total. The average molecular weight is 528 g/mol. The van der Waals surface area contributed by atoms with Crippen LogP contribution in [0.5, 0.6) is 0 Å². The van der Waals surface area contributed by atoms with Crippen molar-refractivity contribution in [1.82, 2.24) is 9.80 Å². The van der Waals surface area contributed by atoms with Crippen LogP contribution in [-0.4, -0.2) is 77.0 Å². The summed E-state index contributed by atoms with van der Waals surface area (Å²) in [6.07, 6.45) is 7.21. The molecule has 5 rings (SSSR count). The van der Waals surface area contributed by atoms with E-state index >= 15 is 0 Å². The van der Waals surface area contributed by atoms with E-state index in [1.165, 1.54) is 12.5 Å². The van der Waals surface area contributed by atoms with Crippen LogP contribution in [0.25, 0.3) is 11.0 Å². The summed E-state index contributed by atoms with van der Waals surface area (Å²) in [6.45, 7) is 1.93. The monoisotopic (exact) mass is 527 g/mol. The van der Waals surface area contributed by atoms with E-state index in [1.54, 1.807) is 18.2 Å². The van der Waals surface area contributed by atoms with Crippen LogP contribution in [0.15, 0.2) is 28.7 Å². The molecule has 3 heterocycles. The first-order valence-corrected chi connectivity index (χ1v) is 14.0. The first-order chi connectivity index (χ1) is 18.4. The van der Waals surface area contributed by atoms with Crippen LogP contribution >= 0.6 is 0 Å². The van der Waals surface area contributed by atoms with Gasteiger partial charge in [0.25, 0.3) is 0 Å². The predicted molar refractivity (Wildman–Crippen MR) is 141 cm³/mol. The summed E-state index contributed by atoms with van der Waals surface area (Å²) in [5.74, 6) is -1.24. The number of halogens is 1. The molecule has 1 amide bonds. The van der Waals surface area contributed by atoms with E-state index in [4.69, 9.17) is 10.2 Å². The number of carbonyl (C=O) groups excluding carboxylic acids is 2. The molecule has 38 heavy (non-hydrogen) atoms. The van der Waals surface area contributed by atoms with E-state index in [9.17, 15) is 23.9 Å². The van der Waals surface area contributed by atoms with Gasteiger partial charge in [-0.3, -0.25) is 14.5 Å². The van der Waals surface area contributed by atoms with Crippen LogP contribution < -0.4 is 5.73 Å². The van der Waals surface area contributed by atoms with Crippen molar-refractivity contribution in [2.75, 3.05) is 26.3 Å². The smallest absolute Gasteiger partial charge is 0.371 e. The largest absolute Gasteiger partial charge is 0.475 e. The number of fused-ring (bicyclic) bond motifs is 1. The van der Waals surface area contributed by atoms with Gasteiger partial charge in [0, 0.05) is 36.4 Å². The van der Waals surface area contributed by atoms with Crippen LogP contribution in [0, 0.1) is 11.8 Å². The van der Waals surface area contributed by atoms with E-state index in [0.717, 1.165) is 50.8 Å². The number of alkyl halides is 1. The van der Waals surface area contributed by atoms with Crippen LogP contribution in [0.4, 0.5) is 4.39 Å². The van der Waals surface area contributed by atoms with E-state index < -0.39 is 24.7 Å². The van der Waals surface area contributed by atoms with Gasteiger partial charge in [0.1, 0.15) is 18.3 Å². The molecule has 3 fully saturated rings. The Morgan fingerprint density at radius 1 is 1.03 bits per heavy atom. The molecule has 0 spiro atoms. The molecule has 9 heteroatoms. The van der Waals surface area contributed by atoms with Crippen LogP contribution in [-0.2, 0) is 16.0 Å². The number of rotatable bonds is 8. The zero-order chi connectivity index (χ0) is 26.8. The molecule has 1 aromatic heterocycles. The highest BCUT2D eigenvalue weighted by molar-refractivity contribution is 5.94. The minimum atomic E-state index is -1.14. The lowest BCUT2D eigenvalue weighted by Gasteiger charge is -2.38. The Bertz CT molecular complexity index is 1170. The second kappa shape index (κ2) is 11.5. The Balaban J connectivity index is 1.34. The van der Waals surface area contributed by atoms with Crippen molar-refractivity contribution < 1.29 is 28.3 Å². The highest BCUT2D eigenvalue weighted by atomic mass is 19.1. The second-order valence-electron chi connectivity index (χ2n) is 11.3. The number of carbonyl (C=O) groups is 3. The lowest BCUT2D eigenvalue weighted by atomic mass is 9.78. The SMILES string of the molecule is N[C@H](CF)C1CCC(C(=O)N2CC[C@@H](N3CCCCC3)[C@H]2C(=O)Cc2ccc3oc(C(=O)O)cc3c2)CC1. The van der Waals surface area contributed by atoms with Gasteiger partial charge in [-0.1, -0.05) is 12.5 Å². The Morgan fingerprint density at radius 2 is 1.76 bits per heavy atom.